The summed E-state index contributed by atoms with van der Waals surface area (Å²) in [7, 11) is 0. The Morgan fingerprint density at radius 3 is 1.17 bits per heavy atom. The van der Waals surface area contributed by atoms with Crippen molar-refractivity contribution >= 4 is 6.91 Å². The Kier molecular flexibility index (Phi) is 7.37. The van der Waals surface area contributed by atoms with Crippen LogP contribution in [0.5, 0.6) is 0 Å². The average molecular weight is 278 g/mol. The normalized spacial score (nSPS) is 15.4. The van der Waals surface area contributed by atoms with E-state index >= 15 is 4.20 Å². The van der Waals surface area contributed by atoms with E-state index in [1.165, 1.54) is 0 Å². The quantitative estimate of drug-likeness (QED) is 0.415. The van der Waals surface area contributed by atoms with Crippen LogP contribution in [0.15, 0.2) is 0 Å². The van der Waals surface area contributed by atoms with Crippen LogP contribution in [0, 0.1) is 0 Å². The number of hydrogen-bond donors (Lipinski definition) is 0. The third-order valence-electron chi connectivity index (χ3n) is 4.75. The molecule has 0 radical (unpaired) electrons. The molecule has 0 aromatic carbocycles. The third-order valence-corrected chi connectivity index (χ3v) is 12.1. The van der Waals surface area contributed by atoms with E-state index in [-0.39, 0.29) is 5.16 Å². The molecule has 0 N–H and O–H groups in total. The average Bonchev–Trinajstić information content (AvgIpc) is 2.31. The molecule has 0 spiro atoms. The molecule has 0 rings (SSSR count). The van der Waals surface area contributed by atoms with Crippen molar-refractivity contribution in [2.75, 3.05) is 18.5 Å². The number of hydrogen-bond acceptors (Lipinski definition) is 0. The molecule has 0 saturated carbocycles. The molecule has 0 aliphatic rings. The summed E-state index contributed by atoms with van der Waals surface area (Å²) < 4.78 is 16.4. The van der Waals surface area contributed by atoms with Gasteiger partial charge >= 0.3 is 115 Å². The first-order valence-corrected chi connectivity index (χ1v) is 10.6. The van der Waals surface area contributed by atoms with Gasteiger partial charge in [-0.05, 0) is 0 Å². The van der Waals surface area contributed by atoms with Crippen molar-refractivity contribution in [1.82, 2.24) is 0 Å². The van der Waals surface area contributed by atoms with Crippen LogP contribution >= 0.6 is 6.91 Å². The number of rotatable bonds is 9. The van der Waals surface area contributed by atoms with E-state index in [9.17, 15) is 0 Å². The molecule has 112 valence electrons. The molecule has 2 heteroatoms. The van der Waals surface area contributed by atoms with Gasteiger partial charge in [-0.2, -0.15) is 0 Å². The van der Waals surface area contributed by atoms with Crippen molar-refractivity contribution in [3.63, 3.8) is 0 Å². The SMILES string of the molecule is CCCCP(F)(CCCC)(CCCC)C(C)(C)C. The summed E-state index contributed by atoms with van der Waals surface area (Å²) in [5, 5.41) is -0.134. The van der Waals surface area contributed by atoms with E-state index in [1.54, 1.807) is 0 Å². The van der Waals surface area contributed by atoms with E-state index in [2.05, 4.69) is 41.5 Å². The zero-order valence-electron chi connectivity index (χ0n) is 13.7. The molecule has 0 amide bonds. The fourth-order valence-electron chi connectivity index (χ4n) is 2.90. The van der Waals surface area contributed by atoms with Gasteiger partial charge in [-0.3, -0.25) is 0 Å². The Hall–Kier alpha value is 0.360. The Morgan fingerprint density at radius 1 is 0.722 bits per heavy atom. The zero-order chi connectivity index (χ0) is 14.3. The molecule has 0 saturated heterocycles. The summed E-state index contributed by atoms with van der Waals surface area (Å²) in [4.78, 5) is 0. The fraction of sp³-hybridized carbons (Fsp3) is 1.00. The van der Waals surface area contributed by atoms with Crippen LogP contribution in [0.25, 0.3) is 0 Å². The summed E-state index contributed by atoms with van der Waals surface area (Å²) in [6, 6.07) is 0. The molecule has 0 heterocycles. The second kappa shape index (κ2) is 7.22. The standard InChI is InChI=1S/C16H36FP/c1-7-10-13-18(17,14-11-8-2,15-12-9-3)16(4,5)6/h7-15H2,1-6H3. The van der Waals surface area contributed by atoms with Crippen LogP contribution in [0.1, 0.15) is 80.1 Å². The van der Waals surface area contributed by atoms with Gasteiger partial charge in [0.1, 0.15) is 0 Å². The molecular weight excluding hydrogens is 242 g/mol. The molecular formula is C16H36FP. The molecule has 0 nitrogen and oxygen atoms in total. The minimum atomic E-state index is -3.05. The van der Waals surface area contributed by atoms with Gasteiger partial charge in [0.15, 0.2) is 0 Å². The summed E-state index contributed by atoms with van der Waals surface area (Å²) in [5.41, 5.74) is 0. The summed E-state index contributed by atoms with van der Waals surface area (Å²) in [5.74, 6) is 0. The van der Waals surface area contributed by atoms with Gasteiger partial charge in [0, 0.05) is 0 Å². The Labute approximate surface area is 115 Å². The van der Waals surface area contributed by atoms with Gasteiger partial charge in [-0.15, -0.1) is 0 Å². The van der Waals surface area contributed by atoms with Gasteiger partial charge in [-0.1, -0.05) is 0 Å². The maximum atomic E-state index is 16.4. The molecule has 0 unspecified atom stereocenters. The first kappa shape index (κ1) is 18.4. The van der Waals surface area contributed by atoms with Crippen LogP contribution in [0.2, 0.25) is 0 Å². The molecule has 0 fully saturated rings. The third kappa shape index (κ3) is 4.19. The van der Waals surface area contributed by atoms with Gasteiger partial charge in [0.05, 0.1) is 0 Å². The van der Waals surface area contributed by atoms with Crippen molar-refractivity contribution in [3.05, 3.63) is 0 Å². The van der Waals surface area contributed by atoms with Gasteiger partial charge in [0.2, 0.25) is 0 Å². The first-order chi connectivity index (χ1) is 8.24. The van der Waals surface area contributed by atoms with Gasteiger partial charge < -0.3 is 0 Å². The van der Waals surface area contributed by atoms with Crippen LogP contribution in [-0.4, -0.2) is 23.6 Å². The zero-order valence-corrected chi connectivity index (χ0v) is 14.6. The molecule has 0 atom stereocenters. The summed E-state index contributed by atoms with van der Waals surface area (Å²) >= 11 is 0. The van der Waals surface area contributed by atoms with Crippen molar-refractivity contribution < 1.29 is 4.20 Å². The molecule has 0 aliphatic carbocycles. The Bertz CT molecular complexity index is 205. The summed E-state index contributed by atoms with van der Waals surface area (Å²) in [6.45, 7) is 9.98. The molecule has 0 aromatic heterocycles. The maximum absolute atomic E-state index is 16.4. The van der Waals surface area contributed by atoms with E-state index in [0.717, 1.165) is 57.0 Å². The monoisotopic (exact) mass is 278 g/mol. The van der Waals surface area contributed by atoms with E-state index in [1.807, 2.05) is 0 Å². The van der Waals surface area contributed by atoms with E-state index in [0.29, 0.717) is 0 Å². The van der Waals surface area contributed by atoms with Crippen molar-refractivity contribution in [2.24, 2.45) is 0 Å². The van der Waals surface area contributed by atoms with Crippen molar-refractivity contribution in [1.29, 1.82) is 0 Å². The second-order valence-corrected chi connectivity index (χ2v) is 12.9. The molecule has 0 aliphatic heterocycles. The van der Waals surface area contributed by atoms with Crippen LogP contribution in [-0.2, 0) is 0 Å². The predicted molar refractivity (Wildman–Crippen MR) is 87.1 cm³/mol. The number of unbranched alkanes of at least 4 members (excludes halogenated alkanes) is 3. The van der Waals surface area contributed by atoms with E-state index in [4.69, 9.17) is 0 Å². The van der Waals surface area contributed by atoms with Crippen LogP contribution < -0.4 is 0 Å². The molecule has 0 bridgehead atoms. The van der Waals surface area contributed by atoms with Gasteiger partial charge in [-0.25, -0.2) is 0 Å². The summed E-state index contributed by atoms with van der Waals surface area (Å²) in [6.07, 6.45) is 9.17. The second-order valence-electron chi connectivity index (χ2n) is 6.99. The fourth-order valence-corrected chi connectivity index (χ4v) is 8.71. The Balaban J connectivity index is 5.23. The Morgan fingerprint density at radius 2 is 1.00 bits per heavy atom. The first-order valence-electron chi connectivity index (χ1n) is 7.96. The number of halogens is 1. The predicted octanol–water partition coefficient (Wildman–Crippen LogP) is 6.62. The molecule has 0 aromatic rings. The molecule has 18 heavy (non-hydrogen) atoms. The van der Waals surface area contributed by atoms with Gasteiger partial charge in [0.25, 0.3) is 0 Å². The van der Waals surface area contributed by atoms with Crippen molar-refractivity contribution in [3.8, 4) is 0 Å². The van der Waals surface area contributed by atoms with Crippen LogP contribution in [0.4, 0.5) is 4.20 Å². The topological polar surface area (TPSA) is 0 Å². The van der Waals surface area contributed by atoms with E-state index < -0.39 is 6.91 Å². The van der Waals surface area contributed by atoms with Crippen LogP contribution in [0.3, 0.4) is 0 Å². The van der Waals surface area contributed by atoms with Crippen molar-refractivity contribution in [2.45, 2.75) is 85.2 Å². The minimum absolute atomic E-state index is 0.134.